The first-order valence-corrected chi connectivity index (χ1v) is 6.92. The number of carbonyl (C=O) groups is 1. The Morgan fingerprint density at radius 3 is 2.45 bits per heavy atom. The van der Waals surface area contributed by atoms with Gasteiger partial charge < -0.3 is 20.3 Å². The lowest BCUT2D eigenvalue weighted by Crippen LogP contribution is -2.48. The van der Waals surface area contributed by atoms with Crippen LogP contribution in [0.4, 0.5) is 5.69 Å². The van der Waals surface area contributed by atoms with Crippen molar-refractivity contribution in [1.82, 2.24) is 4.90 Å². The molecule has 1 fully saturated rings. The van der Waals surface area contributed by atoms with Crippen molar-refractivity contribution in [2.75, 3.05) is 38.2 Å². The van der Waals surface area contributed by atoms with Gasteiger partial charge in [0, 0.05) is 44.7 Å². The molecule has 0 aromatic heterocycles. The van der Waals surface area contributed by atoms with Crippen LogP contribution in [0.15, 0.2) is 18.2 Å². The summed E-state index contributed by atoms with van der Waals surface area (Å²) >= 11 is 5.11. The molecule has 20 heavy (non-hydrogen) atoms. The van der Waals surface area contributed by atoms with Gasteiger partial charge in [0.05, 0.1) is 12.8 Å². The van der Waals surface area contributed by atoms with Crippen LogP contribution in [0.2, 0.25) is 0 Å². The van der Waals surface area contributed by atoms with Gasteiger partial charge in [-0.25, -0.2) is 0 Å². The van der Waals surface area contributed by atoms with E-state index < -0.39 is 0 Å². The van der Waals surface area contributed by atoms with Crippen molar-refractivity contribution in [1.29, 1.82) is 0 Å². The van der Waals surface area contributed by atoms with Crippen molar-refractivity contribution in [3.63, 3.8) is 0 Å². The lowest BCUT2D eigenvalue weighted by molar-refractivity contribution is -0.129. The van der Waals surface area contributed by atoms with E-state index in [9.17, 15) is 4.79 Å². The number of anilines is 1. The van der Waals surface area contributed by atoms with Gasteiger partial charge >= 0.3 is 0 Å². The first-order chi connectivity index (χ1) is 9.52. The molecule has 1 aromatic carbocycles. The Balaban J connectivity index is 2.23. The van der Waals surface area contributed by atoms with Crippen LogP contribution in [0.5, 0.6) is 5.75 Å². The number of ether oxygens (including phenoxy) is 1. The van der Waals surface area contributed by atoms with Crippen LogP contribution < -0.4 is 15.4 Å². The minimum Gasteiger partial charge on any atom is -0.497 e. The third-order valence-electron chi connectivity index (χ3n) is 3.54. The molecule has 1 heterocycles. The summed E-state index contributed by atoms with van der Waals surface area (Å²) in [5, 5.41) is 0. The minimum atomic E-state index is 0.116. The highest BCUT2D eigenvalue weighted by Crippen LogP contribution is 2.27. The average Bonchev–Trinajstić information content (AvgIpc) is 2.46. The molecule has 6 heteroatoms. The van der Waals surface area contributed by atoms with E-state index in [1.165, 1.54) is 0 Å². The van der Waals surface area contributed by atoms with Crippen LogP contribution in [-0.2, 0) is 4.79 Å². The second-order valence-corrected chi connectivity index (χ2v) is 5.18. The minimum absolute atomic E-state index is 0.116. The van der Waals surface area contributed by atoms with Crippen molar-refractivity contribution in [3.8, 4) is 5.75 Å². The third kappa shape index (κ3) is 3.01. The van der Waals surface area contributed by atoms with Crippen LogP contribution >= 0.6 is 12.2 Å². The summed E-state index contributed by atoms with van der Waals surface area (Å²) in [7, 11) is 1.63. The summed E-state index contributed by atoms with van der Waals surface area (Å²) in [5.41, 5.74) is 7.60. The highest BCUT2D eigenvalue weighted by atomic mass is 32.1. The summed E-state index contributed by atoms with van der Waals surface area (Å²) in [6, 6.07) is 5.68. The zero-order chi connectivity index (χ0) is 14.7. The van der Waals surface area contributed by atoms with E-state index >= 15 is 0 Å². The van der Waals surface area contributed by atoms with Gasteiger partial charge in [-0.1, -0.05) is 12.2 Å². The Kier molecular flexibility index (Phi) is 4.44. The van der Waals surface area contributed by atoms with Gasteiger partial charge in [-0.2, -0.15) is 0 Å². The molecule has 108 valence electrons. The Morgan fingerprint density at radius 2 is 1.95 bits per heavy atom. The Morgan fingerprint density at radius 1 is 1.30 bits per heavy atom. The molecule has 0 radical (unpaired) electrons. The molecule has 0 bridgehead atoms. The number of benzene rings is 1. The number of methoxy groups -OCH3 is 1. The molecule has 5 nitrogen and oxygen atoms in total. The number of hydrogen-bond acceptors (Lipinski definition) is 4. The van der Waals surface area contributed by atoms with Crippen LogP contribution in [0.1, 0.15) is 12.5 Å². The molecule has 2 rings (SSSR count). The molecule has 0 saturated carbocycles. The number of thiocarbonyl (C=S) groups is 1. The standard InChI is InChI=1S/C14H19N3O2S/c1-10(18)16-5-7-17(8-6-16)13-9-11(19-2)3-4-12(13)14(15)20/h3-4,9H,5-8H2,1-2H3,(H2,15,20). The summed E-state index contributed by atoms with van der Waals surface area (Å²) in [6.45, 7) is 4.55. The number of carbonyl (C=O) groups excluding carboxylic acids is 1. The lowest BCUT2D eigenvalue weighted by Gasteiger charge is -2.36. The number of amides is 1. The van der Waals surface area contributed by atoms with Gasteiger partial charge in [-0.05, 0) is 12.1 Å². The fourth-order valence-corrected chi connectivity index (χ4v) is 2.54. The van der Waals surface area contributed by atoms with E-state index in [2.05, 4.69) is 4.90 Å². The zero-order valence-corrected chi connectivity index (χ0v) is 12.6. The van der Waals surface area contributed by atoms with Crippen molar-refractivity contribution in [2.45, 2.75) is 6.92 Å². The molecular weight excluding hydrogens is 274 g/mol. The zero-order valence-electron chi connectivity index (χ0n) is 11.8. The molecule has 0 aliphatic carbocycles. The molecule has 1 amide bonds. The highest BCUT2D eigenvalue weighted by Gasteiger charge is 2.21. The maximum Gasteiger partial charge on any atom is 0.219 e. The molecule has 0 spiro atoms. The molecule has 0 atom stereocenters. The number of nitrogens with two attached hydrogens (primary N) is 1. The van der Waals surface area contributed by atoms with E-state index in [1.807, 2.05) is 23.1 Å². The number of nitrogens with zero attached hydrogens (tertiary/aromatic N) is 2. The predicted octanol–water partition coefficient (Wildman–Crippen LogP) is 0.998. The van der Waals surface area contributed by atoms with Crippen molar-refractivity contribution >= 4 is 28.8 Å². The molecule has 1 saturated heterocycles. The molecule has 2 N–H and O–H groups in total. The maximum absolute atomic E-state index is 11.4. The number of piperazine rings is 1. The van der Waals surface area contributed by atoms with E-state index in [0.29, 0.717) is 18.1 Å². The largest absolute Gasteiger partial charge is 0.497 e. The lowest BCUT2D eigenvalue weighted by atomic mass is 10.1. The second kappa shape index (κ2) is 6.09. The van der Waals surface area contributed by atoms with E-state index in [0.717, 1.165) is 30.1 Å². The van der Waals surface area contributed by atoms with Gasteiger partial charge in [0.25, 0.3) is 0 Å². The third-order valence-corrected chi connectivity index (χ3v) is 3.76. The predicted molar refractivity (Wildman–Crippen MR) is 83.3 cm³/mol. The normalized spacial score (nSPS) is 15.1. The fourth-order valence-electron chi connectivity index (χ4n) is 2.37. The molecule has 1 aromatic rings. The SMILES string of the molecule is COc1ccc(C(N)=S)c(N2CCN(C(C)=O)CC2)c1. The quantitative estimate of drug-likeness (QED) is 0.843. The van der Waals surface area contributed by atoms with Gasteiger partial charge in [0.15, 0.2) is 0 Å². The first kappa shape index (κ1) is 14.6. The molecular formula is C14H19N3O2S. The van der Waals surface area contributed by atoms with Crippen LogP contribution in [-0.4, -0.2) is 49.1 Å². The Labute approximate surface area is 124 Å². The average molecular weight is 293 g/mol. The van der Waals surface area contributed by atoms with E-state index in [4.69, 9.17) is 22.7 Å². The summed E-state index contributed by atoms with van der Waals surface area (Å²) in [6.07, 6.45) is 0. The summed E-state index contributed by atoms with van der Waals surface area (Å²) in [4.78, 5) is 15.8. The van der Waals surface area contributed by atoms with Gasteiger partial charge in [0.1, 0.15) is 10.7 Å². The number of hydrogen-bond donors (Lipinski definition) is 1. The van der Waals surface area contributed by atoms with Gasteiger partial charge in [-0.3, -0.25) is 4.79 Å². The monoisotopic (exact) mass is 293 g/mol. The molecule has 1 aliphatic heterocycles. The van der Waals surface area contributed by atoms with E-state index in [1.54, 1.807) is 14.0 Å². The van der Waals surface area contributed by atoms with E-state index in [-0.39, 0.29) is 5.91 Å². The van der Waals surface area contributed by atoms with Crippen LogP contribution in [0, 0.1) is 0 Å². The van der Waals surface area contributed by atoms with Crippen LogP contribution in [0.25, 0.3) is 0 Å². The smallest absolute Gasteiger partial charge is 0.219 e. The number of rotatable bonds is 3. The second-order valence-electron chi connectivity index (χ2n) is 4.74. The van der Waals surface area contributed by atoms with Crippen molar-refractivity contribution in [3.05, 3.63) is 23.8 Å². The van der Waals surface area contributed by atoms with Crippen molar-refractivity contribution in [2.24, 2.45) is 5.73 Å². The first-order valence-electron chi connectivity index (χ1n) is 6.51. The van der Waals surface area contributed by atoms with Crippen molar-refractivity contribution < 1.29 is 9.53 Å². The molecule has 0 unspecified atom stereocenters. The molecule has 1 aliphatic rings. The topological polar surface area (TPSA) is 58.8 Å². The highest BCUT2D eigenvalue weighted by molar-refractivity contribution is 7.80. The fraction of sp³-hybridized carbons (Fsp3) is 0.429. The van der Waals surface area contributed by atoms with Gasteiger partial charge in [0.2, 0.25) is 5.91 Å². The summed E-state index contributed by atoms with van der Waals surface area (Å²) in [5.74, 6) is 0.888. The van der Waals surface area contributed by atoms with Crippen LogP contribution in [0.3, 0.4) is 0 Å². The van der Waals surface area contributed by atoms with Gasteiger partial charge in [-0.15, -0.1) is 0 Å². The maximum atomic E-state index is 11.4. The summed E-state index contributed by atoms with van der Waals surface area (Å²) < 4.78 is 5.26. The Bertz CT molecular complexity index is 525. The Hall–Kier alpha value is -1.82.